The second kappa shape index (κ2) is 6.03. The molecule has 0 aliphatic carbocycles. The molecule has 0 saturated heterocycles. The lowest BCUT2D eigenvalue weighted by Gasteiger charge is -2.08. The number of nitrogens with zero attached hydrogens (tertiary/aromatic N) is 1. The number of rotatable bonds is 4. The van der Waals surface area contributed by atoms with E-state index in [1.807, 2.05) is 0 Å². The van der Waals surface area contributed by atoms with Crippen molar-refractivity contribution in [1.82, 2.24) is 0 Å². The van der Waals surface area contributed by atoms with Gasteiger partial charge in [-0.2, -0.15) is 0 Å². The zero-order valence-corrected chi connectivity index (χ0v) is 10.5. The van der Waals surface area contributed by atoms with Crippen molar-refractivity contribution >= 4 is 5.84 Å². The van der Waals surface area contributed by atoms with Crippen LogP contribution in [0.2, 0.25) is 0 Å². The summed E-state index contributed by atoms with van der Waals surface area (Å²) in [6.07, 6.45) is 0. The number of nitrogens with two attached hydrogens (primary N) is 1. The highest BCUT2D eigenvalue weighted by Crippen LogP contribution is 2.25. The summed E-state index contributed by atoms with van der Waals surface area (Å²) in [5.74, 6) is -0.336. The van der Waals surface area contributed by atoms with Gasteiger partial charge in [0.05, 0.1) is 6.61 Å². The Labute approximate surface area is 114 Å². The first-order valence-corrected chi connectivity index (χ1v) is 5.79. The normalized spacial score (nSPS) is 11.4. The van der Waals surface area contributed by atoms with Gasteiger partial charge in [0.15, 0.2) is 17.4 Å². The van der Waals surface area contributed by atoms with Gasteiger partial charge in [-0.15, -0.1) is 0 Å². The minimum atomic E-state index is -0.625. The molecule has 0 atom stereocenters. The van der Waals surface area contributed by atoms with Crippen LogP contribution in [0.4, 0.5) is 4.39 Å². The average molecular weight is 276 g/mol. The lowest BCUT2D eigenvalue weighted by Crippen LogP contribution is -2.13. The van der Waals surface area contributed by atoms with Crippen molar-refractivity contribution < 1.29 is 19.4 Å². The van der Waals surface area contributed by atoms with E-state index in [1.165, 1.54) is 12.1 Å². The second-order valence-corrected chi connectivity index (χ2v) is 4.03. The van der Waals surface area contributed by atoms with Gasteiger partial charge >= 0.3 is 0 Å². The number of hydrogen-bond acceptors (Lipinski definition) is 4. The predicted molar refractivity (Wildman–Crippen MR) is 71.3 cm³/mol. The van der Waals surface area contributed by atoms with Crippen LogP contribution in [-0.4, -0.2) is 16.1 Å². The number of benzene rings is 2. The first-order chi connectivity index (χ1) is 9.63. The summed E-state index contributed by atoms with van der Waals surface area (Å²) >= 11 is 0. The van der Waals surface area contributed by atoms with Gasteiger partial charge in [0.2, 0.25) is 0 Å². The quantitative estimate of drug-likeness (QED) is 0.346. The highest BCUT2D eigenvalue weighted by molar-refractivity contribution is 5.97. The molecular weight excluding hydrogens is 263 g/mol. The van der Waals surface area contributed by atoms with Crippen molar-refractivity contribution in [2.45, 2.75) is 6.61 Å². The lowest BCUT2D eigenvalue weighted by atomic mass is 10.2. The van der Waals surface area contributed by atoms with Gasteiger partial charge in [-0.1, -0.05) is 17.3 Å². The van der Waals surface area contributed by atoms with Crippen LogP contribution >= 0.6 is 0 Å². The third kappa shape index (κ3) is 3.04. The number of hydrogen-bond donors (Lipinski definition) is 3. The van der Waals surface area contributed by atoms with Crippen LogP contribution in [0, 0.1) is 5.82 Å². The molecule has 0 spiro atoms. The molecule has 0 unspecified atom stereocenters. The lowest BCUT2D eigenvalue weighted by molar-refractivity contribution is 0.281. The monoisotopic (exact) mass is 276 g/mol. The molecule has 0 aliphatic heterocycles. The summed E-state index contributed by atoms with van der Waals surface area (Å²) in [6.45, 7) is -0.0664. The molecule has 5 nitrogen and oxygen atoms in total. The predicted octanol–water partition coefficient (Wildman–Crippen LogP) is 2.20. The van der Waals surface area contributed by atoms with Gasteiger partial charge < -0.3 is 20.8 Å². The van der Waals surface area contributed by atoms with Crippen molar-refractivity contribution in [3.8, 4) is 11.5 Å². The molecule has 0 bridgehead atoms. The van der Waals surface area contributed by atoms with Crippen LogP contribution in [0.15, 0.2) is 47.6 Å². The largest absolute Gasteiger partial charge is 0.454 e. The van der Waals surface area contributed by atoms with E-state index in [1.54, 1.807) is 24.3 Å². The average Bonchev–Trinajstić information content (AvgIpc) is 2.49. The van der Waals surface area contributed by atoms with E-state index in [9.17, 15) is 4.39 Å². The maximum absolute atomic E-state index is 13.8. The molecule has 2 aromatic carbocycles. The van der Waals surface area contributed by atoms with Gasteiger partial charge in [0.25, 0.3) is 0 Å². The van der Waals surface area contributed by atoms with Gasteiger partial charge in [0.1, 0.15) is 5.75 Å². The molecule has 2 aromatic rings. The number of amidine groups is 1. The van der Waals surface area contributed by atoms with Crippen LogP contribution in [0.1, 0.15) is 11.1 Å². The molecule has 0 aromatic heterocycles. The summed E-state index contributed by atoms with van der Waals surface area (Å²) < 4.78 is 19.2. The molecule has 0 heterocycles. The Morgan fingerprint density at radius 2 is 1.90 bits per heavy atom. The maximum Gasteiger partial charge on any atom is 0.170 e. The maximum atomic E-state index is 13.8. The standard InChI is InChI=1S/C14H13FN2O3/c15-12-7-10(14(16)17-19)3-6-13(12)20-11-4-1-9(8-18)2-5-11/h1-7,18-19H,8H2,(H2,16,17). The van der Waals surface area contributed by atoms with E-state index in [0.29, 0.717) is 5.75 Å². The highest BCUT2D eigenvalue weighted by Gasteiger charge is 2.08. The van der Waals surface area contributed by atoms with Crippen LogP contribution in [0.25, 0.3) is 0 Å². The van der Waals surface area contributed by atoms with Gasteiger partial charge in [0, 0.05) is 5.56 Å². The van der Waals surface area contributed by atoms with E-state index >= 15 is 0 Å². The summed E-state index contributed by atoms with van der Waals surface area (Å²) in [4.78, 5) is 0. The van der Waals surface area contributed by atoms with Crippen LogP contribution in [0.5, 0.6) is 11.5 Å². The summed E-state index contributed by atoms with van der Waals surface area (Å²) in [5, 5.41) is 20.2. The Balaban J connectivity index is 2.20. The molecule has 104 valence electrons. The Kier molecular flexibility index (Phi) is 4.17. The molecule has 20 heavy (non-hydrogen) atoms. The van der Waals surface area contributed by atoms with Gasteiger partial charge in [-0.25, -0.2) is 4.39 Å². The van der Waals surface area contributed by atoms with E-state index in [4.69, 9.17) is 20.8 Å². The summed E-state index contributed by atoms with van der Waals surface area (Å²) in [7, 11) is 0. The first-order valence-electron chi connectivity index (χ1n) is 5.79. The fourth-order valence-corrected chi connectivity index (χ4v) is 1.59. The van der Waals surface area contributed by atoms with Crippen LogP contribution in [0.3, 0.4) is 0 Å². The topological polar surface area (TPSA) is 88.1 Å². The fourth-order valence-electron chi connectivity index (χ4n) is 1.59. The summed E-state index contributed by atoms with van der Waals surface area (Å²) in [5.41, 5.74) is 6.36. The molecular formula is C14H13FN2O3. The number of aliphatic hydroxyl groups excluding tert-OH is 1. The third-order valence-corrected chi connectivity index (χ3v) is 2.67. The van der Waals surface area contributed by atoms with Crippen LogP contribution < -0.4 is 10.5 Å². The second-order valence-electron chi connectivity index (χ2n) is 4.03. The Morgan fingerprint density at radius 3 is 2.45 bits per heavy atom. The van der Waals surface area contributed by atoms with Gasteiger partial charge in [-0.05, 0) is 35.9 Å². The fraction of sp³-hybridized carbons (Fsp3) is 0.0714. The van der Waals surface area contributed by atoms with Crippen molar-refractivity contribution in [3.63, 3.8) is 0 Å². The molecule has 0 amide bonds. The number of oxime groups is 1. The molecule has 0 radical (unpaired) electrons. The van der Waals surface area contributed by atoms with Crippen molar-refractivity contribution in [3.05, 3.63) is 59.4 Å². The zero-order chi connectivity index (χ0) is 14.5. The van der Waals surface area contributed by atoms with Crippen LogP contribution in [-0.2, 0) is 6.61 Å². The molecule has 0 aliphatic rings. The first kappa shape index (κ1) is 13.8. The summed E-state index contributed by atoms with van der Waals surface area (Å²) in [6, 6.07) is 10.6. The minimum Gasteiger partial charge on any atom is -0.454 e. The van der Waals surface area contributed by atoms with E-state index in [2.05, 4.69) is 5.16 Å². The molecule has 0 fully saturated rings. The molecule has 6 heteroatoms. The van der Waals surface area contributed by atoms with Crippen molar-refractivity contribution in [2.75, 3.05) is 0 Å². The van der Waals surface area contributed by atoms with E-state index in [-0.39, 0.29) is 23.8 Å². The van der Waals surface area contributed by atoms with Gasteiger partial charge in [-0.3, -0.25) is 0 Å². The number of aliphatic hydroxyl groups is 1. The Morgan fingerprint density at radius 1 is 1.20 bits per heavy atom. The number of ether oxygens (including phenoxy) is 1. The highest BCUT2D eigenvalue weighted by atomic mass is 19.1. The molecule has 2 rings (SSSR count). The molecule has 0 saturated carbocycles. The van der Waals surface area contributed by atoms with Crippen molar-refractivity contribution in [1.29, 1.82) is 0 Å². The Hall–Kier alpha value is -2.60. The van der Waals surface area contributed by atoms with E-state index < -0.39 is 5.82 Å². The Bertz CT molecular complexity index is 627. The zero-order valence-electron chi connectivity index (χ0n) is 10.5. The van der Waals surface area contributed by atoms with E-state index in [0.717, 1.165) is 11.6 Å². The minimum absolute atomic E-state index is 0.0243. The van der Waals surface area contributed by atoms with Crippen molar-refractivity contribution in [2.24, 2.45) is 10.9 Å². The molecule has 4 N–H and O–H groups in total. The smallest absolute Gasteiger partial charge is 0.170 e. The number of halogens is 1. The SMILES string of the molecule is NC(=NO)c1ccc(Oc2ccc(CO)cc2)c(F)c1. The third-order valence-electron chi connectivity index (χ3n) is 2.67.